The minimum Gasteiger partial charge on any atom is -0.479 e. The van der Waals surface area contributed by atoms with Gasteiger partial charge in [0.2, 0.25) is 5.91 Å². The van der Waals surface area contributed by atoms with Gasteiger partial charge in [-0.25, -0.2) is 17.9 Å². The van der Waals surface area contributed by atoms with E-state index in [1.165, 1.54) is 11.0 Å². The smallest absolute Gasteiger partial charge is 0.334 e. The zero-order valence-corrected chi connectivity index (χ0v) is 12.5. The third kappa shape index (κ3) is 4.00. The first-order valence-electron chi connectivity index (χ1n) is 6.05. The van der Waals surface area contributed by atoms with Crippen LogP contribution in [0.25, 0.3) is 0 Å². The van der Waals surface area contributed by atoms with E-state index in [1.54, 1.807) is 11.4 Å². The molecular formula is C11H14N2O6S2. The van der Waals surface area contributed by atoms with Crippen molar-refractivity contribution >= 4 is 33.2 Å². The molecule has 1 fully saturated rings. The van der Waals surface area contributed by atoms with Crippen molar-refractivity contribution in [2.45, 2.75) is 10.3 Å². The number of sulfonamides is 1. The fourth-order valence-corrected chi connectivity index (χ4v) is 3.79. The third-order valence-electron chi connectivity index (χ3n) is 2.87. The van der Waals surface area contributed by atoms with Crippen molar-refractivity contribution in [2.75, 3.05) is 26.2 Å². The van der Waals surface area contributed by atoms with Gasteiger partial charge in [-0.2, -0.15) is 0 Å². The number of carbonyl (C=O) groups excluding carboxylic acids is 1. The van der Waals surface area contributed by atoms with Gasteiger partial charge in [0.1, 0.15) is 4.21 Å². The lowest BCUT2D eigenvalue weighted by Crippen LogP contribution is -2.51. The van der Waals surface area contributed by atoms with Crippen LogP contribution in [0.2, 0.25) is 0 Å². The molecule has 0 aromatic carbocycles. The summed E-state index contributed by atoms with van der Waals surface area (Å²) in [6.07, 6.45) is -1.07. The Morgan fingerprint density at radius 2 is 2.29 bits per heavy atom. The number of morpholine rings is 1. The molecule has 21 heavy (non-hydrogen) atoms. The van der Waals surface area contributed by atoms with Crippen LogP contribution in [0.1, 0.15) is 0 Å². The normalized spacial score (nSPS) is 19.4. The van der Waals surface area contributed by atoms with Crippen molar-refractivity contribution < 1.29 is 27.9 Å². The molecule has 2 rings (SSSR count). The molecule has 1 atom stereocenters. The van der Waals surface area contributed by atoms with E-state index < -0.39 is 34.5 Å². The van der Waals surface area contributed by atoms with Gasteiger partial charge in [0.15, 0.2) is 6.10 Å². The van der Waals surface area contributed by atoms with Crippen LogP contribution in [0, 0.1) is 0 Å². The predicted molar refractivity (Wildman–Crippen MR) is 73.5 cm³/mol. The molecule has 1 aliphatic heterocycles. The lowest BCUT2D eigenvalue weighted by atomic mass is 10.2. The Labute approximate surface area is 125 Å². The highest BCUT2D eigenvalue weighted by molar-refractivity contribution is 7.91. The number of carboxylic acid groups (broad SMARTS) is 1. The highest BCUT2D eigenvalue weighted by atomic mass is 32.2. The van der Waals surface area contributed by atoms with Crippen LogP contribution in [-0.4, -0.2) is 62.6 Å². The molecular weight excluding hydrogens is 320 g/mol. The predicted octanol–water partition coefficient (Wildman–Crippen LogP) is -0.662. The van der Waals surface area contributed by atoms with Crippen LogP contribution >= 0.6 is 11.3 Å². The first kappa shape index (κ1) is 15.9. The van der Waals surface area contributed by atoms with Gasteiger partial charge < -0.3 is 14.7 Å². The topological polar surface area (TPSA) is 113 Å². The lowest BCUT2D eigenvalue weighted by molar-refractivity contribution is -0.159. The maximum atomic E-state index is 11.9. The van der Waals surface area contributed by atoms with Gasteiger partial charge in [-0.1, -0.05) is 6.07 Å². The molecule has 116 valence electrons. The van der Waals surface area contributed by atoms with Gasteiger partial charge in [0, 0.05) is 6.54 Å². The molecule has 1 unspecified atom stereocenters. The summed E-state index contributed by atoms with van der Waals surface area (Å²) in [4.78, 5) is 24.0. The Kier molecular flexibility index (Phi) is 4.93. The Morgan fingerprint density at radius 3 is 2.90 bits per heavy atom. The number of hydrogen-bond acceptors (Lipinski definition) is 6. The average Bonchev–Trinajstić information content (AvgIpc) is 3.00. The van der Waals surface area contributed by atoms with Crippen LogP contribution in [0.3, 0.4) is 0 Å². The Balaban J connectivity index is 1.91. The highest BCUT2D eigenvalue weighted by Gasteiger charge is 2.29. The number of amides is 1. The number of nitrogens with zero attached hydrogens (tertiary/aromatic N) is 1. The van der Waals surface area contributed by atoms with Gasteiger partial charge in [-0.15, -0.1) is 11.3 Å². The van der Waals surface area contributed by atoms with Gasteiger partial charge in [0.05, 0.1) is 19.7 Å². The Bertz CT molecular complexity index is 613. The maximum absolute atomic E-state index is 11.9. The molecule has 0 bridgehead atoms. The second kappa shape index (κ2) is 6.52. The number of aliphatic carboxylic acids is 1. The summed E-state index contributed by atoms with van der Waals surface area (Å²) < 4.78 is 31.1. The van der Waals surface area contributed by atoms with Gasteiger partial charge in [-0.05, 0) is 11.4 Å². The number of carbonyl (C=O) groups is 2. The van der Waals surface area contributed by atoms with Crippen LogP contribution < -0.4 is 4.72 Å². The molecule has 0 spiro atoms. The quantitative estimate of drug-likeness (QED) is 0.739. The summed E-state index contributed by atoms with van der Waals surface area (Å²) in [5, 5.41) is 10.5. The minimum absolute atomic E-state index is 0.0884. The van der Waals surface area contributed by atoms with Crippen molar-refractivity contribution in [3.8, 4) is 0 Å². The molecule has 1 aromatic heterocycles. The molecule has 2 N–H and O–H groups in total. The van der Waals surface area contributed by atoms with Gasteiger partial charge in [-0.3, -0.25) is 4.79 Å². The lowest BCUT2D eigenvalue weighted by Gasteiger charge is -2.30. The summed E-state index contributed by atoms with van der Waals surface area (Å²) in [5.41, 5.74) is 0. The second-order valence-electron chi connectivity index (χ2n) is 4.29. The van der Waals surface area contributed by atoms with Gasteiger partial charge in [0.25, 0.3) is 10.0 Å². The van der Waals surface area contributed by atoms with Crippen LogP contribution in [0.4, 0.5) is 0 Å². The number of nitrogens with one attached hydrogen (secondary N) is 1. The number of ether oxygens (including phenoxy) is 1. The summed E-state index contributed by atoms with van der Waals surface area (Å²) >= 11 is 1.05. The summed E-state index contributed by atoms with van der Waals surface area (Å²) in [5.74, 6) is -1.63. The maximum Gasteiger partial charge on any atom is 0.334 e. The Hall–Kier alpha value is -1.49. The van der Waals surface area contributed by atoms with Crippen molar-refractivity contribution in [3.63, 3.8) is 0 Å². The second-order valence-corrected chi connectivity index (χ2v) is 7.24. The zero-order chi connectivity index (χ0) is 15.5. The van der Waals surface area contributed by atoms with Crippen LogP contribution in [0.15, 0.2) is 21.7 Å². The van der Waals surface area contributed by atoms with Crippen molar-refractivity contribution in [2.24, 2.45) is 0 Å². The first-order valence-corrected chi connectivity index (χ1v) is 8.42. The van der Waals surface area contributed by atoms with Gasteiger partial charge >= 0.3 is 5.97 Å². The number of thiophene rings is 1. The molecule has 0 saturated carbocycles. The monoisotopic (exact) mass is 334 g/mol. The summed E-state index contributed by atoms with van der Waals surface area (Å²) in [6.45, 7) is -0.148. The zero-order valence-electron chi connectivity index (χ0n) is 10.9. The SMILES string of the molecule is O=C(O)C1CN(C(=O)CNS(=O)(=O)c2cccs2)CCO1. The van der Waals surface area contributed by atoms with Crippen molar-refractivity contribution in [3.05, 3.63) is 17.5 Å². The number of rotatable bonds is 5. The molecule has 1 saturated heterocycles. The first-order chi connectivity index (χ1) is 9.90. The number of carboxylic acids is 1. The van der Waals surface area contributed by atoms with Crippen molar-refractivity contribution in [1.82, 2.24) is 9.62 Å². The van der Waals surface area contributed by atoms with E-state index in [2.05, 4.69) is 4.72 Å². The summed E-state index contributed by atoms with van der Waals surface area (Å²) in [7, 11) is -3.71. The van der Waals surface area contributed by atoms with E-state index in [4.69, 9.17) is 9.84 Å². The molecule has 8 nitrogen and oxygen atoms in total. The van der Waals surface area contributed by atoms with E-state index in [1.807, 2.05) is 0 Å². The van der Waals surface area contributed by atoms with E-state index in [-0.39, 0.29) is 23.9 Å². The summed E-state index contributed by atoms with van der Waals surface area (Å²) in [6, 6.07) is 3.03. The van der Waals surface area contributed by atoms with E-state index in [9.17, 15) is 18.0 Å². The molecule has 0 aliphatic carbocycles. The minimum atomic E-state index is -3.71. The molecule has 2 heterocycles. The fraction of sp³-hybridized carbons (Fsp3) is 0.455. The highest BCUT2D eigenvalue weighted by Crippen LogP contribution is 2.15. The van der Waals surface area contributed by atoms with Crippen molar-refractivity contribution in [1.29, 1.82) is 0 Å². The van der Waals surface area contributed by atoms with Crippen LogP contribution in [0.5, 0.6) is 0 Å². The molecule has 0 radical (unpaired) electrons. The van der Waals surface area contributed by atoms with E-state index >= 15 is 0 Å². The number of hydrogen-bond donors (Lipinski definition) is 2. The largest absolute Gasteiger partial charge is 0.479 e. The molecule has 1 aromatic rings. The van der Waals surface area contributed by atoms with Crippen LogP contribution in [-0.2, 0) is 24.3 Å². The standard InChI is InChI=1S/C11H14N2O6S2/c14-9(13-3-4-19-8(7-13)11(15)16)6-12-21(17,18)10-2-1-5-20-10/h1-2,5,8,12H,3-4,6-7H2,(H,15,16). The molecule has 1 amide bonds. The molecule has 10 heteroatoms. The molecule has 1 aliphatic rings. The fourth-order valence-electron chi connectivity index (χ4n) is 1.78. The van der Waals surface area contributed by atoms with E-state index in [0.717, 1.165) is 11.3 Å². The Morgan fingerprint density at radius 1 is 1.52 bits per heavy atom. The third-order valence-corrected chi connectivity index (χ3v) is 5.67. The van der Waals surface area contributed by atoms with E-state index in [0.29, 0.717) is 0 Å². The average molecular weight is 334 g/mol.